The number of fused-ring (bicyclic) bond motifs is 1. The van der Waals surface area contributed by atoms with Crippen LogP contribution in [-0.4, -0.2) is 17.4 Å². The minimum Gasteiger partial charge on any atom is -0.360 e. The predicted molar refractivity (Wildman–Crippen MR) is 75.0 cm³/mol. The Morgan fingerprint density at radius 3 is 2.84 bits per heavy atom. The van der Waals surface area contributed by atoms with E-state index in [0.29, 0.717) is 5.41 Å². The van der Waals surface area contributed by atoms with Crippen molar-refractivity contribution in [1.29, 1.82) is 0 Å². The van der Waals surface area contributed by atoms with E-state index in [1.807, 2.05) is 30.5 Å². The van der Waals surface area contributed by atoms with Gasteiger partial charge in [0.2, 0.25) is 0 Å². The van der Waals surface area contributed by atoms with Crippen LogP contribution >= 0.6 is 0 Å². The summed E-state index contributed by atoms with van der Waals surface area (Å²) in [5.74, 6) is 0.945. The number of carbonyl (C=O) groups excluding carboxylic acids is 1. The number of rotatable bonds is 4. The molecule has 0 aliphatic heterocycles. The summed E-state index contributed by atoms with van der Waals surface area (Å²) in [6.07, 6.45) is 7.14. The van der Waals surface area contributed by atoms with E-state index in [2.05, 4.69) is 10.3 Å². The molecule has 2 aliphatic rings. The first-order chi connectivity index (χ1) is 9.28. The third kappa shape index (κ3) is 1.84. The number of nitrogens with one attached hydrogen (secondary N) is 2. The highest BCUT2D eigenvalue weighted by molar-refractivity contribution is 6.06. The molecule has 19 heavy (non-hydrogen) atoms. The summed E-state index contributed by atoms with van der Waals surface area (Å²) in [6, 6.07) is 7.94. The van der Waals surface area contributed by atoms with Crippen LogP contribution in [0.4, 0.5) is 0 Å². The Hall–Kier alpha value is -1.77. The van der Waals surface area contributed by atoms with Crippen molar-refractivity contribution in [2.75, 3.05) is 6.54 Å². The summed E-state index contributed by atoms with van der Waals surface area (Å²) >= 11 is 0. The normalized spacial score (nSPS) is 20.4. The van der Waals surface area contributed by atoms with Gasteiger partial charge in [-0.1, -0.05) is 18.2 Å². The number of aromatic amines is 1. The zero-order chi connectivity index (χ0) is 12.9. The number of benzene rings is 1. The lowest BCUT2D eigenvalue weighted by Crippen LogP contribution is -2.31. The molecule has 2 aliphatic carbocycles. The van der Waals surface area contributed by atoms with Crippen LogP contribution in [0.3, 0.4) is 0 Å². The van der Waals surface area contributed by atoms with E-state index in [-0.39, 0.29) is 5.91 Å². The van der Waals surface area contributed by atoms with Crippen molar-refractivity contribution >= 4 is 16.8 Å². The van der Waals surface area contributed by atoms with Crippen molar-refractivity contribution in [3.05, 3.63) is 36.0 Å². The Balaban J connectivity index is 1.51. The van der Waals surface area contributed by atoms with Gasteiger partial charge in [-0.05, 0) is 43.1 Å². The van der Waals surface area contributed by atoms with Gasteiger partial charge in [0.15, 0.2) is 0 Å². The number of H-pyrrole nitrogens is 1. The van der Waals surface area contributed by atoms with E-state index in [0.717, 1.165) is 28.9 Å². The lowest BCUT2D eigenvalue weighted by Gasteiger charge is -2.14. The summed E-state index contributed by atoms with van der Waals surface area (Å²) in [7, 11) is 0. The molecule has 2 fully saturated rings. The first kappa shape index (κ1) is 11.1. The molecule has 0 bridgehead atoms. The predicted octanol–water partition coefficient (Wildman–Crippen LogP) is 3.09. The highest BCUT2D eigenvalue weighted by Crippen LogP contribution is 2.60. The Kier molecular flexibility index (Phi) is 2.25. The van der Waals surface area contributed by atoms with Gasteiger partial charge in [-0.25, -0.2) is 0 Å². The number of hydrogen-bond donors (Lipinski definition) is 2. The molecule has 0 atom stereocenters. The second-order valence-corrected chi connectivity index (χ2v) is 6.07. The molecule has 2 N–H and O–H groups in total. The fraction of sp³-hybridized carbons (Fsp3) is 0.438. The maximum absolute atomic E-state index is 12.3. The average Bonchev–Trinajstić information content (AvgIpc) is 3.32. The van der Waals surface area contributed by atoms with E-state index in [1.54, 1.807) is 0 Å². The van der Waals surface area contributed by atoms with Crippen molar-refractivity contribution in [3.63, 3.8) is 0 Å². The van der Waals surface area contributed by atoms with Crippen molar-refractivity contribution in [3.8, 4) is 0 Å². The molecule has 2 saturated carbocycles. The molecule has 0 spiro atoms. The van der Waals surface area contributed by atoms with E-state index in [9.17, 15) is 4.79 Å². The molecule has 98 valence electrons. The van der Waals surface area contributed by atoms with Gasteiger partial charge < -0.3 is 10.3 Å². The molecular weight excluding hydrogens is 236 g/mol. The monoisotopic (exact) mass is 254 g/mol. The number of para-hydroxylation sites is 1. The quantitative estimate of drug-likeness (QED) is 0.865. The van der Waals surface area contributed by atoms with Gasteiger partial charge in [0.25, 0.3) is 5.91 Å². The second-order valence-electron chi connectivity index (χ2n) is 6.07. The molecule has 1 aromatic carbocycles. The Morgan fingerprint density at radius 2 is 2.11 bits per heavy atom. The van der Waals surface area contributed by atoms with Gasteiger partial charge in [0, 0.05) is 23.6 Å². The second kappa shape index (κ2) is 3.86. The Morgan fingerprint density at radius 1 is 1.32 bits per heavy atom. The standard InChI is InChI=1S/C16H18N2O/c19-15(18-10-16(7-8-16)11-5-6-11)13-9-17-14-4-2-1-3-12(13)14/h1-4,9,11,17H,5-8,10H2,(H,18,19). The fourth-order valence-corrected chi connectivity index (χ4v) is 3.20. The van der Waals surface area contributed by atoms with Gasteiger partial charge >= 0.3 is 0 Å². The number of hydrogen-bond acceptors (Lipinski definition) is 1. The molecular formula is C16H18N2O. The van der Waals surface area contributed by atoms with Crippen LogP contribution < -0.4 is 5.32 Å². The minimum atomic E-state index is 0.0596. The topological polar surface area (TPSA) is 44.9 Å². The van der Waals surface area contributed by atoms with Crippen LogP contribution in [0.5, 0.6) is 0 Å². The smallest absolute Gasteiger partial charge is 0.253 e. The van der Waals surface area contributed by atoms with Gasteiger partial charge in [-0.15, -0.1) is 0 Å². The maximum Gasteiger partial charge on any atom is 0.253 e. The van der Waals surface area contributed by atoms with E-state index >= 15 is 0 Å². The molecule has 1 aromatic heterocycles. The number of aromatic nitrogens is 1. The fourth-order valence-electron chi connectivity index (χ4n) is 3.20. The molecule has 0 radical (unpaired) electrons. The number of amides is 1. The third-order valence-electron chi connectivity index (χ3n) is 4.77. The van der Waals surface area contributed by atoms with Crippen molar-refractivity contribution in [1.82, 2.24) is 10.3 Å². The molecule has 1 heterocycles. The summed E-state index contributed by atoms with van der Waals surface area (Å²) in [6.45, 7) is 0.857. The van der Waals surface area contributed by atoms with Crippen molar-refractivity contribution < 1.29 is 4.79 Å². The van der Waals surface area contributed by atoms with E-state index in [1.165, 1.54) is 25.7 Å². The van der Waals surface area contributed by atoms with Gasteiger partial charge in [-0.2, -0.15) is 0 Å². The molecule has 3 nitrogen and oxygen atoms in total. The molecule has 3 heteroatoms. The van der Waals surface area contributed by atoms with Crippen LogP contribution in [0.2, 0.25) is 0 Å². The lowest BCUT2D eigenvalue weighted by molar-refractivity contribution is 0.0944. The zero-order valence-corrected chi connectivity index (χ0v) is 10.9. The van der Waals surface area contributed by atoms with Crippen molar-refractivity contribution in [2.45, 2.75) is 25.7 Å². The van der Waals surface area contributed by atoms with Gasteiger partial charge in [0.05, 0.1) is 5.56 Å². The highest BCUT2D eigenvalue weighted by atomic mass is 16.1. The molecule has 4 rings (SSSR count). The molecule has 1 amide bonds. The highest BCUT2D eigenvalue weighted by Gasteiger charge is 2.53. The average molecular weight is 254 g/mol. The molecule has 2 aromatic rings. The SMILES string of the molecule is O=C(NCC1(C2CC2)CC1)c1c[nH]c2ccccc12. The molecule has 0 saturated heterocycles. The Labute approximate surface area is 112 Å². The zero-order valence-electron chi connectivity index (χ0n) is 10.9. The van der Waals surface area contributed by atoms with E-state index < -0.39 is 0 Å². The van der Waals surface area contributed by atoms with E-state index in [4.69, 9.17) is 0 Å². The molecule has 0 unspecified atom stereocenters. The van der Waals surface area contributed by atoms with Crippen molar-refractivity contribution in [2.24, 2.45) is 11.3 Å². The van der Waals surface area contributed by atoms with Crippen LogP contribution in [-0.2, 0) is 0 Å². The van der Waals surface area contributed by atoms with Crippen LogP contribution in [0.1, 0.15) is 36.0 Å². The first-order valence-electron chi connectivity index (χ1n) is 7.13. The first-order valence-corrected chi connectivity index (χ1v) is 7.13. The van der Waals surface area contributed by atoms with Crippen LogP contribution in [0.15, 0.2) is 30.5 Å². The third-order valence-corrected chi connectivity index (χ3v) is 4.77. The lowest BCUT2D eigenvalue weighted by atomic mass is 10.0. The van der Waals surface area contributed by atoms with Crippen LogP contribution in [0, 0.1) is 11.3 Å². The maximum atomic E-state index is 12.3. The summed E-state index contributed by atoms with van der Waals surface area (Å²) in [4.78, 5) is 15.5. The van der Waals surface area contributed by atoms with Gasteiger partial charge in [-0.3, -0.25) is 4.79 Å². The van der Waals surface area contributed by atoms with Crippen LogP contribution in [0.25, 0.3) is 10.9 Å². The summed E-state index contributed by atoms with van der Waals surface area (Å²) < 4.78 is 0. The number of carbonyl (C=O) groups is 1. The summed E-state index contributed by atoms with van der Waals surface area (Å²) in [5, 5.41) is 4.15. The van der Waals surface area contributed by atoms with Gasteiger partial charge in [0.1, 0.15) is 0 Å². The minimum absolute atomic E-state index is 0.0596. The largest absolute Gasteiger partial charge is 0.360 e. The summed E-state index contributed by atoms with van der Waals surface area (Å²) in [5.41, 5.74) is 2.25. The Bertz CT molecular complexity index is 635.